The van der Waals surface area contributed by atoms with Gasteiger partial charge in [0.05, 0.1) is 6.33 Å². The van der Waals surface area contributed by atoms with Gasteiger partial charge in [0.25, 0.3) is 0 Å². The molecule has 11 heavy (non-hydrogen) atoms. The number of aromatic amines is 2. The van der Waals surface area contributed by atoms with E-state index in [-0.39, 0.29) is 5.95 Å². The number of hydrogen-bond donors (Lipinski definition) is 3. The van der Waals surface area contributed by atoms with Crippen molar-refractivity contribution < 1.29 is 0 Å². The first-order valence-electron chi connectivity index (χ1n) is 2.81. The van der Waals surface area contributed by atoms with Gasteiger partial charge < -0.3 is 10.7 Å². The smallest absolute Gasteiger partial charge is 0.237 e. The Bertz CT molecular complexity index is 229. The number of anilines is 1. The zero-order chi connectivity index (χ0) is 7.94. The third-order valence-corrected chi connectivity index (χ3v) is 0.768. The molecule has 0 spiro atoms. The van der Waals surface area contributed by atoms with Crippen molar-refractivity contribution in [2.75, 3.05) is 5.73 Å². The van der Waals surface area contributed by atoms with Crippen molar-refractivity contribution >= 4 is 5.95 Å². The normalized spacial score (nSPS) is 8.36. The van der Waals surface area contributed by atoms with E-state index < -0.39 is 0 Å². The molecule has 0 aliphatic carbocycles. The van der Waals surface area contributed by atoms with Crippen LogP contribution < -0.4 is 5.73 Å². The summed E-state index contributed by atoms with van der Waals surface area (Å²) < 4.78 is 0. The van der Waals surface area contributed by atoms with Crippen LogP contribution in [0.1, 0.15) is 0 Å². The summed E-state index contributed by atoms with van der Waals surface area (Å²) in [5, 5.41) is 11.9. The Morgan fingerprint density at radius 1 is 1.45 bits per heavy atom. The summed E-state index contributed by atoms with van der Waals surface area (Å²) in [6.07, 6.45) is 5.08. The van der Waals surface area contributed by atoms with Gasteiger partial charge >= 0.3 is 0 Å². The molecule has 0 fully saturated rings. The third kappa shape index (κ3) is 2.94. The summed E-state index contributed by atoms with van der Waals surface area (Å²) >= 11 is 0. The van der Waals surface area contributed by atoms with Crippen molar-refractivity contribution in [3.63, 3.8) is 0 Å². The fraction of sp³-hybridized carbons (Fsp3) is 0. The van der Waals surface area contributed by atoms with Crippen LogP contribution in [0.25, 0.3) is 0 Å². The minimum Gasteiger partial charge on any atom is -0.367 e. The molecule has 0 aliphatic heterocycles. The van der Waals surface area contributed by atoms with Crippen LogP contribution in [0.3, 0.4) is 0 Å². The Morgan fingerprint density at radius 3 is 2.55 bits per heavy atom. The second kappa shape index (κ2) is 3.99. The molecule has 0 unspecified atom stereocenters. The molecule has 2 aromatic heterocycles. The van der Waals surface area contributed by atoms with Gasteiger partial charge in [0.1, 0.15) is 0 Å². The molecular formula is C4H7N7. The highest BCUT2D eigenvalue weighted by atomic mass is 15.5. The highest BCUT2D eigenvalue weighted by Gasteiger charge is 1.77. The summed E-state index contributed by atoms with van der Waals surface area (Å²) in [6, 6.07) is 0. The largest absolute Gasteiger partial charge is 0.367 e. The average molecular weight is 153 g/mol. The van der Waals surface area contributed by atoms with Crippen molar-refractivity contribution in [3.05, 3.63) is 18.7 Å². The third-order valence-electron chi connectivity index (χ3n) is 0.768. The summed E-state index contributed by atoms with van der Waals surface area (Å²) in [5.74, 6) is 0.245. The Balaban J connectivity index is 0.000000112. The Hall–Kier alpha value is -1.92. The van der Waals surface area contributed by atoms with Crippen LogP contribution in [0.5, 0.6) is 0 Å². The second-order valence-electron chi connectivity index (χ2n) is 1.55. The number of nitrogen functional groups attached to an aromatic ring is 1. The Kier molecular flexibility index (Phi) is 2.61. The first-order chi connectivity index (χ1) is 5.39. The molecule has 0 radical (unpaired) electrons. The van der Waals surface area contributed by atoms with Crippen LogP contribution in [0.4, 0.5) is 5.95 Å². The molecule has 58 valence electrons. The van der Waals surface area contributed by atoms with Crippen LogP contribution in [-0.2, 0) is 0 Å². The predicted octanol–water partition coefficient (Wildman–Crippen LogP) is -0.808. The maximum absolute atomic E-state index is 4.99. The monoisotopic (exact) mass is 153 g/mol. The number of H-pyrrole nitrogens is 2. The Labute approximate surface area is 62.0 Å². The number of hydrogen-bond acceptors (Lipinski definition) is 5. The molecule has 2 aromatic rings. The van der Waals surface area contributed by atoms with Gasteiger partial charge in [-0.15, -0.1) is 0 Å². The quantitative estimate of drug-likeness (QED) is 0.458. The minimum atomic E-state index is 0.245. The van der Waals surface area contributed by atoms with E-state index in [1.54, 1.807) is 18.7 Å². The molecule has 0 bridgehead atoms. The topological polar surface area (TPSA) is 109 Å². The summed E-state index contributed by atoms with van der Waals surface area (Å²) in [7, 11) is 0. The van der Waals surface area contributed by atoms with Gasteiger partial charge in [-0.2, -0.15) is 0 Å². The minimum absolute atomic E-state index is 0.245. The molecule has 0 aromatic carbocycles. The van der Waals surface area contributed by atoms with Gasteiger partial charge in [0.2, 0.25) is 5.95 Å². The molecule has 0 aliphatic rings. The van der Waals surface area contributed by atoms with Crippen molar-refractivity contribution in [1.82, 2.24) is 30.6 Å². The lowest BCUT2D eigenvalue weighted by molar-refractivity contribution is 0.881. The van der Waals surface area contributed by atoms with Crippen LogP contribution in [0, 0.1) is 0 Å². The fourth-order valence-corrected chi connectivity index (χ4v) is 0.382. The standard InChI is InChI=1S/C3H4N2.CH3N5/c1-2-5-3-4-1;2-1-3-5-6-4-1/h1-3H,(H,4,5);(H3,2,3,4,5,6). The predicted molar refractivity (Wildman–Crippen MR) is 37.2 cm³/mol. The van der Waals surface area contributed by atoms with E-state index in [0.717, 1.165) is 0 Å². The fourth-order valence-electron chi connectivity index (χ4n) is 0.382. The molecular weight excluding hydrogens is 146 g/mol. The van der Waals surface area contributed by atoms with Crippen molar-refractivity contribution in [3.8, 4) is 0 Å². The number of rotatable bonds is 0. The molecule has 0 atom stereocenters. The number of tetrazole rings is 1. The molecule has 2 rings (SSSR count). The summed E-state index contributed by atoms with van der Waals surface area (Å²) in [4.78, 5) is 6.42. The van der Waals surface area contributed by atoms with Crippen LogP contribution >= 0.6 is 0 Å². The first kappa shape index (κ1) is 7.19. The van der Waals surface area contributed by atoms with E-state index >= 15 is 0 Å². The number of nitrogens with two attached hydrogens (primary N) is 1. The number of nitrogens with zero attached hydrogens (tertiary/aromatic N) is 4. The van der Waals surface area contributed by atoms with Gasteiger partial charge in [-0.25, -0.2) is 10.1 Å². The number of aromatic nitrogens is 6. The molecule has 0 saturated heterocycles. The van der Waals surface area contributed by atoms with E-state index in [2.05, 4.69) is 30.6 Å². The number of imidazole rings is 1. The Morgan fingerprint density at radius 2 is 2.36 bits per heavy atom. The van der Waals surface area contributed by atoms with Gasteiger partial charge in [-0.3, -0.25) is 0 Å². The lowest BCUT2D eigenvalue weighted by atomic mass is 11.0. The first-order valence-corrected chi connectivity index (χ1v) is 2.81. The SMILES string of the molecule is Nc1nnn[nH]1.c1c[nH]cn1. The van der Waals surface area contributed by atoms with Gasteiger partial charge in [0.15, 0.2) is 0 Å². The average Bonchev–Trinajstić information content (AvgIpc) is 2.57. The van der Waals surface area contributed by atoms with Gasteiger partial charge in [-0.1, -0.05) is 5.10 Å². The van der Waals surface area contributed by atoms with E-state index in [0.29, 0.717) is 0 Å². The lowest BCUT2D eigenvalue weighted by Crippen LogP contribution is -1.84. The summed E-state index contributed by atoms with van der Waals surface area (Å²) in [5.41, 5.74) is 4.99. The van der Waals surface area contributed by atoms with Crippen molar-refractivity contribution in [2.24, 2.45) is 0 Å². The van der Waals surface area contributed by atoms with E-state index in [4.69, 9.17) is 5.73 Å². The maximum Gasteiger partial charge on any atom is 0.237 e. The van der Waals surface area contributed by atoms with Crippen molar-refractivity contribution in [1.29, 1.82) is 0 Å². The van der Waals surface area contributed by atoms with Gasteiger partial charge in [-0.05, 0) is 10.4 Å². The van der Waals surface area contributed by atoms with Crippen LogP contribution in [-0.4, -0.2) is 30.6 Å². The van der Waals surface area contributed by atoms with E-state index in [9.17, 15) is 0 Å². The maximum atomic E-state index is 4.99. The van der Waals surface area contributed by atoms with Gasteiger partial charge in [0, 0.05) is 12.4 Å². The molecule has 0 saturated carbocycles. The molecule has 0 amide bonds. The highest BCUT2D eigenvalue weighted by molar-refractivity contribution is 5.05. The zero-order valence-electron chi connectivity index (χ0n) is 5.60. The van der Waals surface area contributed by atoms with Crippen LogP contribution in [0.2, 0.25) is 0 Å². The second-order valence-corrected chi connectivity index (χ2v) is 1.55. The lowest BCUT2D eigenvalue weighted by Gasteiger charge is -1.65. The van der Waals surface area contributed by atoms with E-state index in [1.807, 2.05) is 0 Å². The molecule has 2 heterocycles. The molecule has 7 nitrogen and oxygen atoms in total. The van der Waals surface area contributed by atoms with E-state index in [1.165, 1.54) is 0 Å². The number of nitrogens with one attached hydrogen (secondary N) is 2. The van der Waals surface area contributed by atoms with Crippen molar-refractivity contribution in [2.45, 2.75) is 0 Å². The zero-order valence-corrected chi connectivity index (χ0v) is 5.60. The molecule has 4 N–H and O–H groups in total. The highest BCUT2D eigenvalue weighted by Crippen LogP contribution is 1.72. The molecule has 7 heteroatoms. The summed E-state index contributed by atoms with van der Waals surface area (Å²) in [6.45, 7) is 0. The van der Waals surface area contributed by atoms with Crippen LogP contribution in [0.15, 0.2) is 18.7 Å².